The van der Waals surface area contributed by atoms with Crippen molar-refractivity contribution in [3.63, 3.8) is 0 Å². The predicted octanol–water partition coefficient (Wildman–Crippen LogP) is 5.24. The Kier molecular flexibility index (Phi) is 5.89. The molecule has 0 amide bonds. The largest absolute Gasteiger partial charge is 0.340 e. The molecule has 0 bridgehead atoms. The van der Waals surface area contributed by atoms with E-state index in [4.69, 9.17) is 4.98 Å². The van der Waals surface area contributed by atoms with Gasteiger partial charge in [-0.25, -0.2) is 9.67 Å². The molecular weight excluding hydrogens is 334 g/mol. The molecule has 0 spiro atoms. The summed E-state index contributed by atoms with van der Waals surface area (Å²) in [7, 11) is 0. The van der Waals surface area contributed by atoms with Crippen LogP contribution < -0.4 is 5.32 Å². The van der Waals surface area contributed by atoms with E-state index < -0.39 is 0 Å². The van der Waals surface area contributed by atoms with Gasteiger partial charge < -0.3 is 5.32 Å². The third-order valence-corrected chi connectivity index (χ3v) is 4.79. The Hall–Kier alpha value is -2.69. The molecule has 5 nitrogen and oxygen atoms in total. The lowest BCUT2D eigenvalue weighted by atomic mass is 10.1. The lowest BCUT2D eigenvalue weighted by Crippen LogP contribution is -2.11. The van der Waals surface area contributed by atoms with Crippen molar-refractivity contribution in [1.82, 2.24) is 19.7 Å². The molecule has 0 aliphatic carbocycles. The highest BCUT2D eigenvalue weighted by molar-refractivity contribution is 5.61. The maximum Gasteiger partial charge on any atom is 0.252 e. The van der Waals surface area contributed by atoms with Gasteiger partial charge in [0.2, 0.25) is 0 Å². The number of benzene rings is 1. The van der Waals surface area contributed by atoms with Gasteiger partial charge in [-0.2, -0.15) is 10.1 Å². The summed E-state index contributed by atoms with van der Waals surface area (Å²) in [5.74, 6) is 1.46. The summed E-state index contributed by atoms with van der Waals surface area (Å²) in [5.41, 5.74) is 6.53. The molecule has 2 aromatic heterocycles. The number of aryl methyl sites for hydroxylation is 4. The molecule has 1 aromatic carbocycles. The van der Waals surface area contributed by atoms with Gasteiger partial charge in [0.25, 0.3) is 5.95 Å². The van der Waals surface area contributed by atoms with E-state index in [2.05, 4.69) is 53.5 Å². The normalized spacial score (nSPS) is 11.0. The number of aromatic nitrogens is 4. The SMILES string of the molecule is CCCCc1ccc(Nc2nc(-n3nc(C)cc3C)nc(C)c2CC)cc1. The zero-order chi connectivity index (χ0) is 19.4. The zero-order valence-electron chi connectivity index (χ0n) is 17.0. The van der Waals surface area contributed by atoms with Gasteiger partial charge in [-0.1, -0.05) is 32.4 Å². The molecule has 0 fully saturated rings. The van der Waals surface area contributed by atoms with Gasteiger partial charge >= 0.3 is 0 Å². The van der Waals surface area contributed by atoms with Gasteiger partial charge in [0.1, 0.15) is 5.82 Å². The smallest absolute Gasteiger partial charge is 0.252 e. The first-order valence-electron chi connectivity index (χ1n) is 9.79. The second kappa shape index (κ2) is 8.33. The monoisotopic (exact) mass is 363 g/mol. The van der Waals surface area contributed by atoms with Crippen molar-refractivity contribution in [2.75, 3.05) is 5.32 Å². The molecule has 1 N–H and O–H groups in total. The average molecular weight is 364 g/mol. The summed E-state index contributed by atoms with van der Waals surface area (Å²) in [6.45, 7) is 10.4. The lowest BCUT2D eigenvalue weighted by Gasteiger charge is -2.14. The number of anilines is 2. The Morgan fingerprint density at radius 2 is 1.74 bits per heavy atom. The molecule has 27 heavy (non-hydrogen) atoms. The fourth-order valence-electron chi connectivity index (χ4n) is 3.31. The molecule has 0 radical (unpaired) electrons. The van der Waals surface area contributed by atoms with Crippen LogP contribution in [0.1, 0.15) is 54.9 Å². The van der Waals surface area contributed by atoms with Gasteiger partial charge in [0.05, 0.1) is 5.69 Å². The van der Waals surface area contributed by atoms with Crippen LogP contribution in [0.4, 0.5) is 11.5 Å². The van der Waals surface area contributed by atoms with Crippen LogP contribution in [0.25, 0.3) is 5.95 Å². The van der Waals surface area contributed by atoms with E-state index in [-0.39, 0.29) is 0 Å². The minimum Gasteiger partial charge on any atom is -0.340 e. The highest BCUT2D eigenvalue weighted by Crippen LogP contribution is 2.24. The van der Waals surface area contributed by atoms with Crippen LogP contribution in [0.2, 0.25) is 0 Å². The van der Waals surface area contributed by atoms with Crippen LogP contribution in [-0.4, -0.2) is 19.7 Å². The molecule has 5 heteroatoms. The fraction of sp³-hybridized carbons (Fsp3) is 0.409. The van der Waals surface area contributed by atoms with E-state index in [1.54, 1.807) is 4.68 Å². The minimum absolute atomic E-state index is 0.609. The minimum atomic E-state index is 0.609. The molecular formula is C22H29N5. The van der Waals surface area contributed by atoms with Crippen LogP contribution in [-0.2, 0) is 12.8 Å². The Bertz CT molecular complexity index is 909. The summed E-state index contributed by atoms with van der Waals surface area (Å²) in [6, 6.07) is 10.7. The first-order chi connectivity index (χ1) is 13.0. The third-order valence-electron chi connectivity index (χ3n) is 4.79. The standard InChI is InChI=1S/C22H29N5/c1-6-8-9-18-10-12-19(13-11-18)24-21-20(7-2)17(5)23-22(25-21)27-16(4)14-15(3)26-27/h10-14H,6-9H2,1-5H3,(H,23,24,25). The Balaban J connectivity index is 1.92. The van der Waals surface area contributed by atoms with Crippen molar-refractivity contribution in [1.29, 1.82) is 0 Å². The first-order valence-corrected chi connectivity index (χ1v) is 9.79. The van der Waals surface area contributed by atoms with Crippen LogP contribution in [0, 0.1) is 20.8 Å². The van der Waals surface area contributed by atoms with Gasteiger partial charge in [-0.3, -0.25) is 0 Å². The maximum absolute atomic E-state index is 4.79. The van der Waals surface area contributed by atoms with Crippen LogP contribution in [0.15, 0.2) is 30.3 Å². The van der Waals surface area contributed by atoms with Crippen molar-refractivity contribution in [2.45, 2.75) is 60.3 Å². The number of hydrogen-bond donors (Lipinski definition) is 1. The van der Waals surface area contributed by atoms with E-state index in [0.29, 0.717) is 5.95 Å². The van der Waals surface area contributed by atoms with E-state index in [1.807, 2.05) is 26.8 Å². The second-order valence-corrected chi connectivity index (χ2v) is 7.05. The predicted molar refractivity (Wildman–Crippen MR) is 111 cm³/mol. The topological polar surface area (TPSA) is 55.6 Å². The van der Waals surface area contributed by atoms with Crippen LogP contribution in [0.5, 0.6) is 0 Å². The third kappa shape index (κ3) is 4.35. The molecule has 0 saturated heterocycles. The summed E-state index contributed by atoms with van der Waals surface area (Å²) in [5, 5.41) is 8.02. The molecule has 0 atom stereocenters. The Morgan fingerprint density at radius 1 is 1.00 bits per heavy atom. The van der Waals surface area contributed by atoms with Crippen LogP contribution >= 0.6 is 0 Å². The van der Waals surface area contributed by atoms with Crippen LogP contribution in [0.3, 0.4) is 0 Å². The molecule has 0 aliphatic heterocycles. The molecule has 3 rings (SSSR count). The first kappa shape index (κ1) is 19.1. The van der Waals surface area contributed by atoms with Gasteiger partial charge in [-0.15, -0.1) is 0 Å². The zero-order valence-corrected chi connectivity index (χ0v) is 17.0. The number of nitrogens with zero attached hydrogens (tertiary/aromatic N) is 4. The van der Waals surface area contributed by atoms with E-state index in [0.717, 1.165) is 47.0 Å². The van der Waals surface area contributed by atoms with Crippen molar-refractivity contribution in [3.05, 3.63) is 58.5 Å². The quantitative estimate of drug-likeness (QED) is 0.624. The summed E-state index contributed by atoms with van der Waals surface area (Å²) < 4.78 is 1.81. The van der Waals surface area contributed by atoms with Gasteiger partial charge in [-0.05, 0) is 63.8 Å². The molecule has 0 unspecified atom stereocenters. The molecule has 0 aliphatic rings. The number of hydrogen-bond acceptors (Lipinski definition) is 4. The number of unbranched alkanes of at least 4 members (excludes halogenated alkanes) is 1. The fourth-order valence-corrected chi connectivity index (χ4v) is 3.31. The van der Waals surface area contributed by atoms with Gasteiger partial charge in [0, 0.05) is 22.6 Å². The number of rotatable bonds is 7. The maximum atomic E-state index is 4.79. The summed E-state index contributed by atoms with van der Waals surface area (Å²) >= 11 is 0. The Morgan fingerprint density at radius 3 is 2.33 bits per heavy atom. The highest BCUT2D eigenvalue weighted by atomic mass is 15.4. The van der Waals surface area contributed by atoms with Crippen molar-refractivity contribution in [2.24, 2.45) is 0 Å². The summed E-state index contributed by atoms with van der Waals surface area (Å²) in [4.78, 5) is 9.48. The van der Waals surface area contributed by atoms with E-state index >= 15 is 0 Å². The lowest BCUT2D eigenvalue weighted by molar-refractivity contribution is 0.765. The van der Waals surface area contributed by atoms with Crippen molar-refractivity contribution in [3.8, 4) is 5.95 Å². The van der Waals surface area contributed by atoms with E-state index in [9.17, 15) is 0 Å². The molecule has 142 valence electrons. The molecule has 3 aromatic rings. The average Bonchev–Trinajstić information content (AvgIpc) is 2.99. The van der Waals surface area contributed by atoms with E-state index in [1.165, 1.54) is 18.4 Å². The molecule has 0 saturated carbocycles. The molecule has 2 heterocycles. The highest BCUT2D eigenvalue weighted by Gasteiger charge is 2.14. The van der Waals surface area contributed by atoms with Crippen molar-refractivity contribution < 1.29 is 0 Å². The Labute approximate surface area is 161 Å². The summed E-state index contributed by atoms with van der Waals surface area (Å²) in [6.07, 6.45) is 4.45. The van der Waals surface area contributed by atoms with Crippen molar-refractivity contribution >= 4 is 11.5 Å². The number of nitrogens with one attached hydrogen (secondary N) is 1. The second-order valence-electron chi connectivity index (χ2n) is 7.05. The van der Waals surface area contributed by atoms with Gasteiger partial charge in [0.15, 0.2) is 0 Å².